The lowest BCUT2D eigenvalue weighted by Gasteiger charge is -2.15. The van der Waals surface area contributed by atoms with Crippen molar-refractivity contribution >= 4 is 13.6 Å². The van der Waals surface area contributed by atoms with E-state index in [2.05, 4.69) is 6.58 Å². The number of rotatable bonds is 8. The van der Waals surface area contributed by atoms with Crippen LogP contribution in [0.3, 0.4) is 0 Å². The van der Waals surface area contributed by atoms with Crippen molar-refractivity contribution in [1.29, 1.82) is 0 Å². The topological polar surface area (TPSA) is 76.1 Å². The highest BCUT2D eigenvalue weighted by molar-refractivity contribution is 7.52. The lowest BCUT2D eigenvalue weighted by molar-refractivity contribution is -0.139. The summed E-state index contributed by atoms with van der Waals surface area (Å²) >= 11 is 0. The maximum Gasteiger partial charge on any atom is 0.333 e. The molecular formula is C10H20NO5P. The summed E-state index contributed by atoms with van der Waals surface area (Å²) in [5, 5.41) is 0. The van der Waals surface area contributed by atoms with Gasteiger partial charge in [-0.2, -0.15) is 0 Å². The molecule has 0 aliphatic heterocycles. The molecule has 7 heteroatoms. The van der Waals surface area contributed by atoms with E-state index in [-0.39, 0.29) is 24.9 Å². The van der Waals surface area contributed by atoms with Gasteiger partial charge in [0.2, 0.25) is 0 Å². The lowest BCUT2D eigenvalue weighted by Crippen LogP contribution is -2.18. The predicted molar refractivity (Wildman–Crippen MR) is 65.0 cm³/mol. The second-order valence-electron chi connectivity index (χ2n) is 3.91. The Bertz CT molecular complexity index is 316. The number of esters is 1. The minimum absolute atomic E-state index is 0.0500. The van der Waals surface area contributed by atoms with Crippen LogP contribution >= 0.6 is 7.60 Å². The number of carbonyl (C=O) groups is 1. The molecule has 0 saturated heterocycles. The first kappa shape index (κ1) is 16.3. The molecule has 1 N–H and O–H groups in total. The molecule has 0 amide bonds. The Kier molecular flexibility index (Phi) is 7.30. The van der Waals surface area contributed by atoms with Crippen LogP contribution in [0.15, 0.2) is 12.2 Å². The molecule has 1 unspecified atom stereocenters. The molecule has 0 aliphatic rings. The van der Waals surface area contributed by atoms with Gasteiger partial charge in [-0.15, -0.1) is 0 Å². The summed E-state index contributed by atoms with van der Waals surface area (Å²) in [5.41, 5.74) is 0.282. The van der Waals surface area contributed by atoms with Crippen molar-refractivity contribution in [2.75, 3.05) is 40.0 Å². The highest BCUT2D eigenvalue weighted by Crippen LogP contribution is 2.41. The minimum Gasteiger partial charge on any atom is -0.460 e. The molecule has 0 spiro atoms. The SMILES string of the molecule is C=C(C)C(=O)OCCOP(=O)(O)CCN(C)C. The monoisotopic (exact) mass is 265 g/mol. The Morgan fingerprint density at radius 2 is 2.00 bits per heavy atom. The summed E-state index contributed by atoms with van der Waals surface area (Å²) in [6.07, 6.45) is 0.0500. The Hall–Kier alpha value is -0.680. The van der Waals surface area contributed by atoms with Crippen LogP contribution in [0.5, 0.6) is 0 Å². The first-order valence-electron chi connectivity index (χ1n) is 5.18. The zero-order chi connectivity index (χ0) is 13.5. The van der Waals surface area contributed by atoms with Crippen molar-refractivity contribution in [2.45, 2.75) is 6.92 Å². The second kappa shape index (κ2) is 7.61. The van der Waals surface area contributed by atoms with Crippen molar-refractivity contribution in [2.24, 2.45) is 0 Å². The average molecular weight is 265 g/mol. The van der Waals surface area contributed by atoms with E-state index < -0.39 is 13.6 Å². The van der Waals surface area contributed by atoms with Gasteiger partial charge in [0.05, 0.1) is 12.8 Å². The molecule has 17 heavy (non-hydrogen) atoms. The molecule has 0 radical (unpaired) electrons. The van der Waals surface area contributed by atoms with Gasteiger partial charge < -0.3 is 19.1 Å². The average Bonchev–Trinajstić information content (AvgIpc) is 2.21. The van der Waals surface area contributed by atoms with Crippen LogP contribution < -0.4 is 0 Å². The highest BCUT2D eigenvalue weighted by atomic mass is 31.2. The van der Waals surface area contributed by atoms with Gasteiger partial charge in [0, 0.05) is 12.1 Å². The van der Waals surface area contributed by atoms with Crippen LogP contribution in [0.1, 0.15) is 6.92 Å². The Labute approximate surface area is 102 Å². The van der Waals surface area contributed by atoms with Crippen molar-refractivity contribution in [3.63, 3.8) is 0 Å². The zero-order valence-corrected chi connectivity index (χ0v) is 11.4. The molecule has 0 aromatic rings. The fourth-order valence-corrected chi connectivity index (χ4v) is 1.97. The lowest BCUT2D eigenvalue weighted by atomic mass is 10.4. The number of nitrogens with zero attached hydrogens (tertiary/aromatic N) is 1. The van der Waals surface area contributed by atoms with Crippen LogP contribution in [0.4, 0.5) is 0 Å². The van der Waals surface area contributed by atoms with E-state index in [1.807, 2.05) is 0 Å². The largest absolute Gasteiger partial charge is 0.460 e. The normalized spacial score (nSPS) is 14.4. The van der Waals surface area contributed by atoms with Crippen molar-refractivity contribution < 1.29 is 23.5 Å². The highest BCUT2D eigenvalue weighted by Gasteiger charge is 2.19. The van der Waals surface area contributed by atoms with Crippen LogP contribution in [0.2, 0.25) is 0 Å². The molecule has 0 rings (SSSR count). The number of hydrogen-bond donors (Lipinski definition) is 1. The first-order valence-corrected chi connectivity index (χ1v) is 6.94. The van der Waals surface area contributed by atoms with Crippen molar-refractivity contribution in [3.05, 3.63) is 12.2 Å². The van der Waals surface area contributed by atoms with E-state index in [0.29, 0.717) is 6.54 Å². The molecule has 0 bridgehead atoms. The molecule has 0 aromatic carbocycles. The van der Waals surface area contributed by atoms with Crippen LogP contribution in [0, 0.1) is 0 Å². The van der Waals surface area contributed by atoms with E-state index in [0.717, 1.165) is 0 Å². The molecule has 0 aliphatic carbocycles. The van der Waals surface area contributed by atoms with Gasteiger partial charge in [-0.1, -0.05) is 6.58 Å². The smallest absolute Gasteiger partial charge is 0.333 e. The Morgan fingerprint density at radius 1 is 1.41 bits per heavy atom. The summed E-state index contributed by atoms with van der Waals surface area (Å²) in [5.74, 6) is -0.533. The first-order chi connectivity index (χ1) is 7.74. The number of ether oxygens (including phenoxy) is 1. The predicted octanol–water partition coefficient (Wildman–Crippen LogP) is 0.869. The van der Waals surface area contributed by atoms with E-state index in [1.165, 1.54) is 6.92 Å². The molecule has 0 heterocycles. The van der Waals surface area contributed by atoms with Gasteiger partial charge in [-0.3, -0.25) is 4.57 Å². The maximum atomic E-state index is 11.4. The van der Waals surface area contributed by atoms with E-state index in [1.54, 1.807) is 19.0 Å². The van der Waals surface area contributed by atoms with Crippen LogP contribution in [0.25, 0.3) is 0 Å². The Morgan fingerprint density at radius 3 is 2.47 bits per heavy atom. The van der Waals surface area contributed by atoms with Gasteiger partial charge >= 0.3 is 13.6 Å². The fourth-order valence-electron chi connectivity index (χ4n) is 0.828. The molecule has 1 atom stereocenters. The minimum atomic E-state index is -3.59. The molecule has 6 nitrogen and oxygen atoms in total. The van der Waals surface area contributed by atoms with Crippen molar-refractivity contribution in [1.82, 2.24) is 4.90 Å². The summed E-state index contributed by atoms with van der Waals surface area (Å²) in [4.78, 5) is 22.1. The van der Waals surface area contributed by atoms with Crippen LogP contribution in [-0.2, 0) is 18.6 Å². The fraction of sp³-hybridized carbons (Fsp3) is 0.700. The molecular weight excluding hydrogens is 245 g/mol. The van der Waals surface area contributed by atoms with Gasteiger partial charge in [0.25, 0.3) is 0 Å². The Balaban J connectivity index is 3.76. The molecule has 0 aromatic heterocycles. The quantitative estimate of drug-likeness (QED) is 0.304. The second-order valence-corrected chi connectivity index (χ2v) is 5.89. The molecule has 0 fully saturated rings. The molecule has 100 valence electrons. The summed E-state index contributed by atoms with van der Waals surface area (Å²) in [6, 6.07) is 0. The van der Waals surface area contributed by atoms with E-state index in [9.17, 15) is 14.3 Å². The third-order valence-electron chi connectivity index (χ3n) is 1.79. The number of hydrogen-bond acceptors (Lipinski definition) is 5. The van der Waals surface area contributed by atoms with Crippen molar-refractivity contribution in [3.8, 4) is 0 Å². The maximum absolute atomic E-state index is 11.4. The van der Waals surface area contributed by atoms with E-state index in [4.69, 9.17) is 9.26 Å². The zero-order valence-electron chi connectivity index (χ0n) is 10.5. The van der Waals surface area contributed by atoms with Gasteiger partial charge in [-0.25, -0.2) is 4.79 Å². The van der Waals surface area contributed by atoms with Gasteiger partial charge in [-0.05, 0) is 21.0 Å². The summed E-state index contributed by atoms with van der Waals surface area (Å²) in [7, 11) is 0.0150. The van der Waals surface area contributed by atoms with Gasteiger partial charge in [0.1, 0.15) is 6.61 Å². The third-order valence-corrected chi connectivity index (χ3v) is 3.14. The number of carbonyl (C=O) groups excluding carboxylic acids is 1. The van der Waals surface area contributed by atoms with Crippen LogP contribution in [-0.4, -0.2) is 55.8 Å². The standard InChI is InChI=1S/C10H20NO5P/c1-9(2)10(12)15-6-7-16-17(13,14)8-5-11(3)4/h1,5-8H2,2-4H3,(H,13,14). The van der Waals surface area contributed by atoms with E-state index >= 15 is 0 Å². The summed E-state index contributed by atoms with van der Waals surface area (Å²) in [6.45, 7) is 5.23. The summed E-state index contributed by atoms with van der Waals surface area (Å²) < 4.78 is 21.0. The third kappa shape index (κ3) is 9.06. The molecule has 0 saturated carbocycles. The van der Waals surface area contributed by atoms with Gasteiger partial charge in [0.15, 0.2) is 0 Å².